The summed E-state index contributed by atoms with van der Waals surface area (Å²) in [5.74, 6) is -1.44. The number of aliphatic hydroxyl groups is 1. The summed E-state index contributed by atoms with van der Waals surface area (Å²) in [6.07, 6.45) is 4.29. The molecule has 22 heavy (non-hydrogen) atoms. The second-order valence-electron chi connectivity index (χ2n) is 3.83. The van der Waals surface area contributed by atoms with E-state index >= 15 is 0 Å². The molecule has 0 saturated carbocycles. The third-order valence-corrected chi connectivity index (χ3v) is 2.50. The number of hydrogen-bond donors (Lipinski definition) is 3. The molecule has 1 aromatic carbocycles. The van der Waals surface area contributed by atoms with Crippen molar-refractivity contribution in [2.45, 2.75) is 0 Å². The molecule has 0 fully saturated rings. The maximum Gasteiger partial charge on any atom is 0.336 e. The highest BCUT2D eigenvalue weighted by Crippen LogP contribution is 2.05. The number of nitrogens with one attached hydrogen (secondary N) is 1. The quantitative estimate of drug-likeness (QED) is 0.579. The summed E-state index contributed by atoms with van der Waals surface area (Å²) in [6, 6.07) is 9.49. The Kier molecular flexibility index (Phi) is 6.94. The van der Waals surface area contributed by atoms with E-state index in [4.69, 9.17) is 10.2 Å². The van der Waals surface area contributed by atoms with Gasteiger partial charge in [-0.25, -0.2) is 10.2 Å². The number of nitrogens with zero attached hydrogens (tertiary/aromatic N) is 2. The van der Waals surface area contributed by atoms with E-state index in [0.717, 1.165) is 7.11 Å². The maximum atomic E-state index is 11.7. The van der Waals surface area contributed by atoms with Gasteiger partial charge in [0.15, 0.2) is 0 Å². The topological polar surface area (TPSA) is 112 Å². The average molecular weight is 301 g/mol. The van der Waals surface area contributed by atoms with Gasteiger partial charge in [-0.05, 0) is 18.2 Å². The largest absolute Gasteiger partial charge is 0.478 e. The van der Waals surface area contributed by atoms with E-state index in [1.807, 2.05) is 0 Å². The van der Waals surface area contributed by atoms with Crippen LogP contribution in [0.4, 0.5) is 0 Å². The maximum absolute atomic E-state index is 11.7. The van der Waals surface area contributed by atoms with Gasteiger partial charge in [0, 0.05) is 30.6 Å². The lowest BCUT2D eigenvalue weighted by atomic mass is 10.1. The SMILES string of the molecule is CO.O=C(N/N=C/c1ccccc1C(=O)O)c1ccncc1. The molecule has 3 N–H and O–H groups in total. The van der Waals surface area contributed by atoms with Crippen molar-refractivity contribution < 1.29 is 19.8 Å². The molecular formula is C15H15N3O4. The van der Waals surface area contributed by atoms with Crippen molar-refractivity contribution in [3.8, 4) is 0 Å². The van der Waals surface area contributed by atoms with Gasteiger partial charge in [0.2, 0.25) is 0 Å². The zero-order chi connectivity index (χ0) is 16.4. The van der Waals surface area contributed by atoms with Crippen LogP contribution >= 0.6 is 0 Å². The molecule has 2 rings (SSSR count). The second-order valence-corrected chi connectivity index (χ2v) is 3.83. The molecule has 0 radical (unpaired) electrons. The fourth-order valence-electron chi connectivity index (χ4n) is 1.53. The van der Waals surface area contributed by atoms with Crippen LogP contribution in [-0.4, -0.2) is 40.4 Å². The molecule has 0 saturated heterocycles. The smallest absolute Gasteiger partial charge is 0.336 e. The van der Waals surface area contributed by atoms with E-state index in [0.29, 0.717) is 11.1 Å². The van der Waals surface area contributed by atoms with E-state index < -0.39 is 11.9 Å². The summed E-state index contributed by atoms with van der Waals surface area (Å²) in [4.78, 5) is 26.5. The molecule has 1 heterocycles. The number of rotatable bonds is 4. The number of carboxylic acids is 1. The average Bonchev–Trinajstić information content (AvgIpc) is 2.57. The lowest BCUT2D eigenvalue weighted by Crippen LogP contribution is -2.17. The minimum absolute atomic E-state index is 0.120. The van der Waals surface area contributed by atoms with Crippen molar-refractivity contribution in [2.75, 3.05) is 7.11 Å². The van der Waals surface area contributed by atoms with Crippen LogP contribution in [0.15, 0.2) is 53.9 Å². The van der Waals surface area contributed by atoms with Gasteiger partial charge in [-0.2, -0.15) is 5.10 Å². The van der Waals surface area contributed by atoms with Crippen molar-refractivity contribution in [3.63, 3.8) is 0 Å². The number of carbonyl (C=O) groups is 2. The van der Waals surface area contributed by atoms with Gasteiger partial charge in [-0.1, -0.05) is 18.2 Å². The van der Waals surface area contributed by atoms with Crippen LogP contribution in [-0.2, 0) is 0 Å². The number of aromatic carboxylic acids is 1. The Morgan fingerprint density at radius 1 is 1.14 bits per heavy atom. The zero-order valence-electron chi connectivity index (χ0n) is 11.8. The van der Waals surface area contributed by atoms with Crippen LogP contribution in [0.3, 0.4) is 0 Å². The zero-order valence-corrected chi connectivity index (χ0v) is 11.8. The van der Waals surface area contributed by atoms with E-state index in [9.17, 15) is 9.59 Å². The van der Waals surface area contributed by atoms with Crippen LogP contribution in [0, 0.1) is 0 Å². The van der Waals surface area contributed by atoms with E-state index in [-0.39, 0.29) is 5.56 Å². The van der Waals surface area contributed by atoms with Crippen LogP contribution in [0.5, 0.6) is 0 Å². The summed E-state index contributed by atoms with van der Waals surface area (Å²) in [7, 11) is 1.00. The molecule has 1 aromatic heterocycles. The van der Waals surface area contributed by atoms with Crippen LogP contribution < -0.4 is 5.43 Å². The molecule has 7 heteroatoms. The minimum Gasteiger partial charge on any atom is -0.478 e. The fourth-order valence-corrected chi connectivity index (χ4v) is 1.53. The number of aliphatic hydroxyl groups excluding tert-OH is 1. The summed E-state index contributed by atoms with van der Waals surface area (Å²) in [6.45, 7) is 0. The number of benzene rings is 1. The predicted octanol–water partition coefficient (Wildman–Crippen LogP) is 1.15. The Hall–Kier alpha value is -3.06. The number of carbonyl (C=O) groups excluding carboxylic acids is 1. The molecule has 0 atom stereocenters. The first-order chi connectivity index (χ1) is 10.7. The van der Waals surface area contributed by atoms with Crippen molar-refractivity contribution in [3.05, 3.63) is 65.5 Å². The summed E-state index contributed by atoms with van der Waals surface area (Å²) in [5, 5.41) is 19.7. The Labute approximate surface area is 127 Å². The molecule has 114 valence electrons. The first-order valence-electron chi connectivity index (χ1n) is 6.19. The van der Waals surface area contributed by atoms with Gasteiger partial charge >= 0.3 is 5.97 Å². The summed E-state index contributed by atoms with van der Waals surface area (Å²) >= 11 is 0. The van der Waals surface area contributed by atoms with Crippen molar-refractivity contribution in [1.29, 1.82) is 0 Å². The first-order valence-corrected chi connectivity index (χ1v) is 6.19. The van der Waals surface area contributed by atoms with Crippen LogP contribution in [0.1, 0.15) is 26.3 Å². The Bertz CT molecular complexity index is 657. The van der Waals surface area contributed by atoms with Gasteiger partial charge in [-0.3, -0.25) is 9.78 Å². The van der Waals surface area contributed by atoms with Gasteiger partial charge in [0.05, 0.1) is 11.8 Å². The minimum atomic E-state index is -1.05. The summed E-state index contributed by atoms with van der Waals surface area (Å²) < 4.78 is 0. The number of hydrazone groups is 1. The lowest BCUT2D eigenvalue weighted by Gasteiger charge is -2.01. The summed E-state index contributed by atoms with van der Waals surface area (Å²) in [5.41, 5.74) is 3.28. The number of amides is 1. The third-order valence-electron chi connectivity index (χ3n) is 2.50. The van der Waals surface area contributed by atoms with Gasteiger partial charge in [0.25, 0.3) is 5.91 Å². The number of aromatic nitrogens is 1. The number of carboxylic acid groups (broad SMARTS) is 1. The highest BCUT2D eigenvalue weighted by atomic mass is 16.4. The highest BCUT2D eigenvalue weighted by molar-refractivity contribution is 5.99. The highest BCUT2D eigenvalue weighted by Gasteiger charge is 2.07. The standard InChI is InChI=1S/C14H11N3O3.CH4O/c18-13(10-5-7-15-8-6-10)17-16-9-11-3-1-2-4-12(11)14(19)20;1-2/h1-9H,(H,17,18)(H,19,20);2H,1H3/b16-9+;. The third kappa shape index (κ3) is 4.80. The van der Waals surface area contributed by atoms with Crippen LogP contribution in [0.25, 0.3) is 0 Å². The van der Waals surface area contributed by atoms with E-state index in [1.54, 1.807) is 30.3 Å². The molecule has 2 aromatic rings. The Morgan fingerprint density at radius 3 is 2.41 bits per heavy atom. The van der Waals surface area contributed by atoms with Gasteiger partial charge in [-0.15, -0.1) is 0 Å². The van der Waals surface area contributed by atoms with Gasteiger partial charge < -0.3 is 10.2 Å². The molecule has 0 spiro atoms. The molecule has 0 aliphatic rings. The Balaban J connectivity index is 0.00000116. The van der Waals surface area contributed by atoms with Crippen molar-refractivity contribution in [2.24, 2.45) is 5.10 Å². The normalized spacial score (nSPS) is 9.73. The van der Waals surface area contributed by atoms with Crippen molar-refractivity contribution >= 4 is 18.1 Å². The number of hydrogen-bond acceptors (Lipinski definition) is 5. The molecule has 7 nitrogen and oxygen atoms in total. The second kappa shape index (κ2) is 8.98. The molecule has 0 aliphatic heterocycles. The van der Waals surface area contributed by atoms with Crippen LogP contribution in [0.2, 0.25) is 0 Å². The fraction of sp³-hybridized carbons (Fsp3) is 0.0667. The predicted molar refractivity (Wildman–Crippen MR) is 80.8 cm³/mol. The van der Waals surface area contributed by atoms with Crippen molar-refractivity contribution in [1.82, 2.24) is 10.4 Å². The Morgan fingerprint density at radius 2 is 1.77 bits per heavy atom. The molecule has 1 amide bonds. The number of pyridine rings is 1. The van der Waals surface area contributed by atoms with E-state index in [2.05, 4.69) is 15.5 Å². The molecule has 0 aliphatic carbocycles. The lowest BCUT2D eigenvalue weighted by molar-refractivity contribution is 0.0696. The monoisotopic (exact) mass is 301 g/mol. The van der Waals surface area contributed by atoms with Gasteiger partial charge in [0.1, 0.15) is 0 Å². The van der Waals surface area contributed by atoms with E-state index in [1.165, 1.54) is 24.7 Å². The molecule has 0 bridgehead atoms. The molecular weight excluding hydrogens is 286 g/mol. The first kappa shape index (κ1) is 17.0. The molecule has 0 unspecified atom stereocenters.